The van der Waals surface area contributed by atoms with Crippen LogP contribution in [0.5, 0.6) is 0 Å². The van der Waals surface area contributed by atoms with E-state index in [0.29, 0.717) is 24.4 Å². The van der Waals surface area contributed by atoms with E-state index in [0.717, 1.165) is 69.5 Å². The third kappa shape index (κ3) is 4.23. The molecule has 0 bridgehead atoms. The van der Waals surface area contributed by atoms with Crippen molar-refractivity contribution in [3.8, 4) is 0 Å². The Bertz CT molecular complexity index is 969. The van der Waals surface area contributed by atoms with Gasteiger partial charge >= 0.3 is 5.97 Å². The van der Waals surface area contributed by atoms with Crippen LogP contribution in [-0.2, 0) is 9.53 Å². The van der Waals surface area contributed by atoms with E-state index in [1.807, 2.05) is 0 Å². The van der Waals surface area contributed by atoms with Gasteiger partial charge in [-0.15, -0.1) is 0 Å². The van der Waals surface area contributed by atoms with Gasteiger partial charge in [0.25, 0.3) is 0 Å². The summed E-state index contributed by atoms with van der Waals surface area (Å²) >= 11 is 3.51. The highest BCUT2D eigenvalue weighted by Crippen LogP contribution is 2.75. The molecule has 0 spiro atoms. The van der Waals surface area contributed by atoms with Gasteiger partial charge in [0, 0.05) is 5.33 Å². The Morgan fingerprint density at radius 1 is 0.947 bits per heavy atom. The fourth-order valence-electron chi connectivity index (χ4n) is 11.4. The first-order valence-corrected chi connectivity index (χ1v) is 16.9. The Hall–Kier alpha value is -0.350. The molecule has 38 heavy (non-hydrogen) atoms. The second-order valence-corrected chi connectivity index (χ2v) is 17.2. The van der Waals surface area contributed by atoms with Crippen LogP contribution >= 0.6 is 15.9 Å². The molecule has 5 aliphatic carbocycles. The standard InChI is InChI=1S/C34H55BrO3/c1-29(2)14-16-34(28(37)38-19-9-8-18-35)17-15-32(6)24(25(34)22-29)10-11-27-31(5)21-23(36)20-30(3,4)26(31)12-13-33(27,32)7/h10,23,25-27,36H,8-9,11-22H2,1-7H3/t23-,25?,26?,27?,31+,32-,33-,34+/m1/s1. The number of carbonyl (C=O) groups is 1. The summed E-state index contributed by atoms with van der Waals surface area (Å²) < 4.78 is 6.06. The smallest absolute Gasteiger partial charge is 0.312 e. The van der Waals surface area contributed by atoms with Crippen molar-refractivity contribution in [3.05, 3.63) is 11.6 Å². The number of hydrogen-bond donors (Lipinski definition) is 1. The average Bonchev–Trinajstić information content (AvgIpc) is 2.80. The fourth-order valence-corrected chi connectivity index (χ4v) is 11.8. The molecule has 1 N–H and O–H groups in total. The number of aliphatic hydroxyl groups is 1. The Balaban J connectivity index is 1.52. The number of unbranched alkanes of at least 4 members (excludes halogenated alkanes) is 1. The molecule has 4 heteroatoms. The molecule has 3 unspecified atom stereocenters. The van der Waals surface area contributed by atoms with Gasteiger partial charge in [0.1, 0.15) is 0 Å². The highest BCUT2D eigenvalue weighted by molar-refractivity contribution is 9.09. The van der Waals surface area contributed by atoms with Crippen LogP contribution in [0.1, 0.15) is 126 Å². The Morgan fingerprint density at radius 3 is 2.37 bits per heavy atom. The molecule has 3 nitrogen and oxygen atoms in total. The molecule has 216 valence electrons. The van der Waals surface area contributed by atoms with Gasteiger partial charge in [-0.1, -0.05) is 76.0 Å². The minimum atomic E-state index is -0.345. The van der Waals surface area contributed by atoms with Gasteiger partial charge in [0.2, 0.25) is 0 Å². The molecule has 4 saturated carbocycles. The predicted molar refractivity (Wildman–Crippen MR) is 159 cm³/mol. The van der Waals surface area contributed by atoms with Crippen LogP contribution in [0.2, 0.25) is 0 Å². The summed E-state index contributed by atoms with van der Waals surface area (Å²) in [5.41, 5.74) is 2.16. The van der Waals surface area contributed by atoms with E-state index in [9.17, 15) is 9.90 Å². The number of alkyl halides is 1. The molecule has 8 atom stereocenters. The maximum atomic E-state index is 13.9. The van der Waals surface area contributed by atoms with Crippen LogP contribution in [-0.4, -0.2) is 29.1 Å². The Labute approximate surface area is 241 Å². The second kappa shape index (κ2) is 9.60. The van der Waals surface area contributed by atoms with Gasteiger partial charge in [0.15, 0.2) is 0 Å². The number of aliphatic hydroxyl groups excluding tert-OH is 1. The number of fused-ring (bicyclic) bond motifs is 7. The molecule has 0 aromatic heterocycles. The number of halogens is 1. The zero-order chi connectivity index (χ0) is 27.8. The lowest BCUT2D eigenvalue weighted by Crippen LogP contribution is -2.64. The first kappa shape index (κ1) is 29.2. The third-order valence-corrected chi connectivity index (χ3v) is 14.0. The van der Waals surface area contributed by atoms with E-state index in [2.05, 4.69) is 70.5 Å². The molecule has 0 heterocycles. The molecule has 0 saturated heterocycles. The molecule has 0 aliphatic heterocycles. The van der Waals surface area contributed by atoms with Crippen molar-refractivity contribution < 1.29 is 14.6 Å². The Morgan fingerprint density at radius 2 is 1.66 bits per heavy atom. The summed E-state index contributed by atoms with van der Waals surface area (Å²) in [6, 6.07) is 0. The maximum absolute atomic E-state index is 13.9. The normalized spacial score (nSPS) is 47.0. The van der Waals surface area contributed by atoms with Crippen molar-refractivity contribution in [2.24, 2.45) is 50.2 Å². The highest BCUT2D eigenvalue weighted by Gasteiger charge is 2.69. The molecular weight excluding hydrogens is 536 g/mol. The van der Waals surface area contributed by atoms with Gasteiger partial charge in [0.05, 0.1) is 18.1 Å². The number of rotatable bonds is 5. The van der Waals surface area contributed by atoms with Crippen LogP contribution in [0.15, 0.2) is 11.6 Å². The molecule has 5 aliphatic rings. The number of esters is 1. The maximum Gasteiger partial charge on any atom is 0.312 e. The number of ether oxygens (including phenoxy) is 1. The van der Waals surface area contributed by atoms with Crippen molar-refractivity contribution in [1.82, 2.24) is 0 Å². The zero-order valence-corrected chi connectivity index (χ0v) is 27.0. The predicted octanol–water partition coefficient (Wildman–Crippen LogP) is 8.87. The topological polar surface area (TPSA) is 46.5 Å². The first-order chi connectivity index (χ1) is 17.7. The summed E-state index contributed by atoms with van der Waals surface area (Å²) in [5.74, 6) is 1.64. The van der Waals surface area contributed by atoms with Crippen molar-refractivity contribution in [3.63, 3.8) is 0 Å². The number of carbonyl (C=O) groups excluding carboxylic acids is 1. The minimum absolute atomic E-state index is 0.0932. The van der Waals surface area contributed by atoms with Gasteiger partial charge in [-0.2, -0.15) is 0 Å². The largest absolute Gasteiger partial charge is 0.465 e. The van der Waals surface area contributed by atoms with Crippen molar-refractivity contribution in [1.29, 1.82) is 0 Å². The summed E-state index contributed by atoms with van der Waals surface area (Å²) in [6.45, 7) is 17.9. The molecule has 0 amide bonds. The summed E-state index contributed by atoms with van der Waals surface area (Å²) in [6.07, 6.45) is 15.2. The second-order valence-electron chi connectivity index (χ2n) is 16.5. The van der Waals surface area contributed by atoms with Crippen LogP contribution in [0.4, 0.5) is 0 Å². The Kier molecular flexibility index (Phi) is 7.37. The van der Waals surface area contributed by atoms with Crippen LogP contribution in [0.25, 0.3) is 0 Å². The minimum Gasteiger partial charge on any atom is -0.465 e. The van der Waals surface area contributed by atoms with E-state index in [1.54, 1.807) is 5.57 Å². The van der Waals surface area contributed by atoms with Crippen LogP contribution in [0, 0.1) is 50.2 Å². The van der Waals surface area contributed by atoms with Gasteiger partial charge in [-0.05, 0) is 122 Å². The molecule has 0 aromatic carbocycles. The third-order valence-electron chi connectivity index (χ3n) is 13.5. The first-order valence-electron chi connectivity index (χ1n) is 15.8. The van der Waals surface area contributed by atoms with E-state index >= 15 is 0 Å². The van der Waals surface area contributed by atoms with Crippen LogP contribution in [0.3, 0.4) is 0 Å². The van der Waals surface area contributed by atoms with Gasteiger partial charge in [-0.25, -0.2) is 0 Å². The quantitative estimate of drug-likeness (QED) is 0.150. The van der Waals surface area contributed by atoms with Gasteiger partial charge in [-0.3, -0.25) is 4.79 Å². The average molecular weight is 592 g/mol. The number of hydrogen-bond acceptors (Lipinski definition) is 3. The van der Waals surface area contributed by atoms with E-state index < -0.39 is 0 Å². The summed E-state index contributed by atoms with van der Waals surface area (Å²) in [7, 11) is 0. The fraction of sp³-hybridized carbons (Fsp3) is 0.912. The van der Waals surface area contributed by atoms with E-state index in [1.165, 1.54) is 12.8 Å². The number of allylic oxidation sites excluding steroid dienone is 2. The van der Waals surface area contributed by atoms with E-state index in [4.69, 9.17) is 4.74 Å². The summed E-state index contributed by atoms with van der Waals surface area (Å²) in [4.78, 5) is 13.9. The molecule has 0 aromatic rings. The van der Waals surface area contributed by atoms with Crippen LogP contribution < -0.4 is 0 Å². The summed E-state index contributed by atoms with van der Waals surface area (Å²) in [5, 5.41) is 12.0. The lowest BCUT2D eigenvalue weighted by atomic mass is 9.33. The van der Waals surface area contributed by atoms with Crippen molar-refractivity contribution in [2.75, 3.05) is 11.9 Å². The molecule has 5 rings (SSSR count). The van der Waals surface area contributed by atoms with Crippen molar-refractivity contribution in [2.45, 2.75) is 132 Å². The van der Waals surface area contributed by atoms with E-state index in [-0.39, 0.29) is 44.6 Å². The van der Waals surface area contributed by atoms with Gasteiger partial charge < -0.3 is 9.84 Å². The monoisotopic (exact) mass is 590 g/mol. The van der Waals surface area contributed by atoms with Crippen molar-refractivity contribution >= 4 is 21.9 Å². The molecular formula is C34H55BrO3. The SMILES string of the molecule is CC1(C)CC[C@]2(C(=O)OCCCCBr)CC[C@]3(C)C(=CCC4[C@@]5(C)C[C@H](O)CC(C)(C)C5CC[C@]43C)C2C1. The molecule has 4 fully saturated rings. The lowest BCUT2D eigenvalue weighted by molar-refractivity contribution is -0.202. The zero-order valence-electron chi connectivity index (χ0n) is 25.4. The lowest BCUT2D eigenvalue weighted by Gasteiger charge is -2.71. The highest BCUT2D eigenvalue weighted by atomic mass is 79.9. The molecule has 0 radical (unpaired) electrons.